The zero-order chi connectivity index (χ0) is 14.7. The molecule has 3 N–H and O–H groups in total. The number of hydrazine groups is 1. The van der Waals surface area contributed by atoms with Crippen LogP contribution in [0.15, 0.2) is 0 Å². The second-order valence-electron chi connectivity index (χ2n) is 4.20. The maximum Gasteiger partial charge on any atom is 0.200 e. The van der Waals surface area contributed by atoms with Crippen molar-refractivity contribution in [1.29, 1.82) is 0 Å². The number of hydrogen-bond donors (Lipinski definition) is 2. The summed E-state index contributed by atoms with van der Waals surface area (Å²) in [5.74, 6) is -4.90. The van der Waals surface area contributed by atoms with E-state index in [2.05, 4.69) is 5.43 Å². The topological polar surface area (TPSA) is 38.0 Å². The van der Waals surface area contributed by atoms with Crippen LogP contribution in [0.2, 0.25) is 0 Å². The van der Waals surface area contributed by atoms with Crippen LogP contribution >= 0.6 is 0 Å². The molecule has 1 aromatic rings. The van der Waals surface area contributed by atoms with Crippen molar-refractivity contribution in [3.05, 3.63) is 34.6 Å². The smallest absolute Gasteiger partial charge is 0.200 e. The second-order valence-corrected chi connectivity index (χ2v) is 4.20. The van der Waals surface area contributed by atoms with E-state index in [1.165, 1.54) is 0 Å². The summed E-state index contributed by atoms with van der Waals surface area (Å²) in [5, 5.41) is 0. The zero-order valence-corrected chi connectivity index (χ0v) is 10.5. The van der Waals surface area contributed by atoms with Gasteiger partial charge < -0.3 is 0 Å². The van der Waals surface area contributed by atoms with Gasteiger partial charge in [-0.3, -0.25) is 11.3 Å². The Morgan fingerprint density at radius 2 is 1.21 bits per heavy atom. The van der Waals surface area contributed by atoms with E-state index in [1.54, 1.807) is 13.8 Å². The first kappa shape index (κ1) is 15.8. The van der Waals surface area contributed by atoms with E-state index in [1.807, 2.05) is 0 Å². The largest absolute Gasteiger partial charge is 0.271 e. The van der Waals surface area contributed by atoms with E-state index >= 15 is 0 Å². The predicted molar refractivity (Wildman–Crippen MR) is 60.4 cm³/mol. The van der Waals surface area contributed by atoms with Gasteiger partial charge in [-0.1, -0.05) is 26.7 Å². The SMILES string of the molecule is CCC(CC)C(NN)c1c(F)c(F)c(F)c(F)c1F. The van der Waals surface area contributed by atoms with Crippen LogP contribution in [0.5, 0.6) is 0 Å². The van der Waals surface area contributed by atoms with Crippen LogP contribution in [-0.4, -0.2) is 0 Å². The van der Waals surface area contributed by atoms with Gasteiger partial charge in [0.1, 0.15) is 0 Å². The molecule has 0 spiro atoms. The number of hydrogen-bond acceptors (Lipinski definition) is 2. The number of halogens is 5. The minimum absolute atomic E-state index is 0.349. The summed E-state index contributed by atoms with van der Waals surface area (Å²) in [6.45, 7) is 3.48. The number of nitrogens with two attached hydrogens (primary N) is 1. The fourth-order valence-electron chi connectivity index (χ4n) is 2.11. The molecule has 0 aliphatic rings. The molecule has 2 nitrogen and oxygen atoms in total. The van der Waals surface area contributed by atoms with Crippen LogP contribution in [0.25, 0.3) is 0 Å². The third-order valence-corrected chi connectivity index (χ3v) is 3.25. The van der Waals surface area contributed by atoms with Gasteiger partial charge >= 0.3 is 0 Å². The van der Waals surface area contributed by atoms with Crippen LogP contribution < -0.4 is 11.3 Å². The summed E-state index contributed by atoms with van der Waals surface area (Å²) >= 11 is 0. The molecular weight excluding hydrogens is 267 g/mol. The first-order valence-corrected chi connectivity index (χ1v) is 5.87. The molecule has 7 heteroatoms. The van der Waals surface area contributed by atoms with Crippen molar-refractivity contribution in [2.24, 2.45) is 11.8 Å². The average molecular weight is 282 g/mol. The lowest BCUT2D eigenvalue weighted by Crippen LogP contribution is -2.35. The highest BCUT2D eigenvalue weighted by Gasteiger charge is 2.32. The Kier molecular flexibility index (Phi) is 5.25. The molecule has 1 unspecified atom stereocenters. The second kappa shape index (κ2) is 6.29. The van der Waals surface area contributed by atoms with Gasteiger partial charge in [0.05, 0.1) is 6.04 Å². The first-order valence-electron chi connectivity index (χ1n) is 5.87. The molecular formula is C12H15F5N2. The average Bonchev–Trinajstić information content (AvgIpc) is 2.42. The molecule has 0 fully saturated rings. The monoisotopic (exact) mass is 282 g/mol. The summed E-state index contributed by atoms with van der Waals surface area (Å²) in [6.07, 6.45) is 0.954. The van der Waals surface area contributed by atoms with E-state index in [0.29, 0.717) is 12.8 Å². The van der Waals surface area contributed by atoms with Gasteiger partial charge in [-0.15, -0.1) is 0 Å². The molecule has 0 saturated heterocycles. The first-order chi connectivity index (χ1) is 8.90. The minimum Gasteiger partial charge on any atom is -0.271 e. The summed E-state index contributed by atoms with van der Waals surface area (Å²) < 4.78 is 66.5. The Labute approximate surface area is 107 Å². The quantitative estimate of drug-likeness (QED) is 0.286. The molecule has 0 aliphatic carbocycles. The molecule has 0 radical (unpaired) electrons. The Balaban J connectivity index is 3.48. The normalized spacial score (nSPS) is 13.1. The molecule has 0 bridgehead atoms. The highest BCUT2D eigenvalue weighted by atomic mass is 19.2. The molecule has 0 saturated carbocycles. The summed E-state index contributed by atoms with van der Waals surface area (Å²) in [4.78, 5) is 0. The van der Waals surface area contributed by atoms with Crippen molar-refractivity contribution in [2.45, 2.75) is 32.7 Å². The Bertz CT molecular complexity index is 431. The lowest BCUT2D eigenvalue weighted by molar-refractivity contribution is 0.303. The molecule has 19 heavy (non-hydrogen) atoms. The van der Waals surface area contributed by atoms with Crippen molar-refractivity contribution in [3.8, 4) is 0 Å². The maximum atomic E-state index is 13.7. The van der Waals surface area contributed by atoms with E-state index < -0.39 is 40.7 Å². The molecule has 1 aromatic carbocycles. The van der Waals surface area contributed by atoms with Gasteiger partial charge in [-0.25, -0.2) is 22.0 Å². The summed E-state index contributed by atoms with van der Waals surface area (Å²) in [6, 6.07) is -1.14. The molecule has 0 aromatic heterocycles. The van der Waals surface area contributed by atoms with Crippen molar-refractivity contribution in [3.63, 3.8) is 0 Å². The third kappa shape index (κ3) is 2.71. The maximum absolute atomic E-state index is 13.7. The van der Waals surface area contributed by atoms with Crippen LogP contribution in [0.4, 0.5) is 22.0 Å². The summed E-state index contributed by atoms with van der Waals surface area (Å²) in [5.41, 5.74) is 1.23. The fourth-order valence-corrected chi connectivity index (χ4v) is 2.11. The minimum atomic E-state index is -2.17. The number of nitrogens with one attached hydrogen (secondary N) is 1. The highest BCUT2D eigenvalue weighted by Crippen LogP contribution is 2.33. The van der Waals surface area contributed by atoms with Crippen LogP contribution in [0, 0.1) is 35.0 Å². The molecule has 108 valence electrons. The van der Waals surface area contributed by atoms with Crippen LogP contribution in [-0.2, 0) is 0 Å². The van der Waals surface area contributed by atoms with Crippen molar-refractivity contribution in [1.82, 2.24) is 5.43 Å². The van der Waals surface area contributed by atoms with E-state index in [4.69, 9.17) is 5.84 Å². The van der Waals surface area contributed by atoms with Gasteiger partial charge in [-0.05, 0) is 5.92 Å². The molecule has 1 rings (SSSR count). The van der Waals surface area contributed by atoms with E-state index in [0.717, 1.165) is 0 Å². The fraction of sp³-hybridized carbons (Fsp3) is 0.500. The van der Waals surface area contributed by atoms with E-state index in [-0.39, 0.29) is 5.92 Å². The molecule has 0 aliphatic heterocycles. The zero-order valence-electron chi connectivity index (χ0n) is 10.5. The molecule has 0 amide bonds. The lowest BCUT2D eigenvalue weighted by atomic mass is 9.88. The number of rotatable bonds is 5. The van der Waals surface area contributed by atoms with Crippen LogP contribution in [0.1, 0.15) is 38.3 Å². The van der Waals surface area contributed by atoms with Crippen molar-refractivity contribution < 1.29 is 22.0 Å². The van der Waals surface area contributed by atoms with Gasteiger partial charge in [-0.2, -0.15) is 0 Å². The lowest BCUT2D eigenvalue weighted by Gasteiger charge is -2.26. The standard InChI is InChI=1S/C12H15F5N2/c1-3-5(4-2)12(19-18)6-7(13)9(15)11(17)10(16)8(6)14/h5,12,19H,3-4,18H2,1-2H3. The van der Waals surface area contributed by atoms with Gasteiger partial charge in [0.2, 0.25) is 5.82 Å². The molecule has 1 atom stereocenters. The predicted octanol–water partition coefficient (Wildman–Crippen LogP) is 3.32. The molecule has 0 heterocycles. The van der Waals surface area contributed by atoms with Crippen molar-refractivity contribution >= 4 is 0 Å². The Morgan fingerprint density at radius 1 is 0.842 bits per heavy atom. The Morgan fingerprint density at radius 3 is 1.53 bits per heavy atom. The van der Waals surface area contributed by atoms with Gasteiger partial charge in [0.15, 0.2) is 23.3 Å². The number of benzene rings is 1. The Hall–Kier alpha value is -1.21. The van der Waals surface area contributed by atoms with E-state index in [9.17, 15) is 22.0 Å². The third-order valence-electron chi connectivity index (χ3n) is 3.25. The van der Waals surface area contributed by atoms with Gasteiger partial charge in [0.25, 0.3) is 0 Å². The van der Waals surface area contributed by atoms with Gasteiger partial charge in [0, 0.05) is 5.56 Å². The summed E-state index contributed by atoms with van der Waals surface area (Å²) in [7, 11) is 0. The van der Waals surface area contributed by atoms with Crippen LogP contribution in [0.3, 0.4) is 0 Å². The van der Waals surface area contributed by atoms with Crippen molar-refractivity contribution in [2.75, 3.05) is 0 Å². The highest BCUT2D eigenvalue weighted by molar-refractivity contribution is 5.27.